The second kappa shape index (κ2) is 6.62. The van der Waals surface area contributed by atoms with E-state index in [1.165, 1.54) is 17.7 Å². The highest BCUT2D eigenvalue weighted by Crippen LogP contribution is 2.25. The third-order valence-corrected chi connectivity index (χ3v) is 3.20. The van der Waals surface area contributed by atoms with Crippen LogP contribution in [-0.2, 0) is 5.75 Å². The van der Waals surface area contributed by atoms with Crippen LogP contribution in [0.1, 0.15) is 25.8 Å². The van der Waals surface area contributed by atoms with Crippen molar-refractivity contribution in [1.29, 1.82) is 0 Å². The molecule has 0 saturated heterocycles. The number of hydrogen-bond acceptors (Lipinski definition) is 3. The molecular formula is C12H19NOS. The molecule has 3 heteroatoms. The van der Waals surface area contributed by atoms with Crippen LogP contribution in [0, 0.1) is 0 Å². The summed E-state index contributed by atoms with van der Waals surface area (Å²) in [7, 11) is 0. The van der Waals surface area contributed by atoms with Gasteiger partial charge in [-0.05, 0) is 37.3 Å². The van der Waals surface area contributed by atoms with Gasteiger partial charge in [0.25, 0.3) is 0 Å². The molecule has 0 aliphatic carbocycles. The minimum atomic E-state index is 0.704. The smallest absolute Gasteiger partial charge is 0.123 e. The van der Waals surface area contributed by atoms with Crippen LogP contribution in [0.25, 0.3) is 0 Å². The molecule has 0 fully saturated rings. The minimum absolute atomic E-state index is 0.704. The molecule has 0 aliphatic rings. The van der Waals surface area contributed by atoms with Gasteiger partial charge in [0.15, 0.2) is 0 Å². The summed E-state index contributed by atoms with van der Waals surface area (Å²) in [5.41, 5.74) is 7.78. The van der Waals surface area contributed by atoms with Crippen molar-refractivity contribution in [3.8, 4) is 5.75 Å². The summed E-state index contributed by atoms with van der Waals surface area (Å²) < 4.78 is 5.55. The summed E-state index contributed by atoms with van der Waals surface area (Å²) in [5.74, 6) is 3.13. The first-order valence-electron chi connectivity index (χ1n) is 5.36. The van der Waals surface area contributed by atoms with Gasteiger partial charge in [-0.15, -0.1) is 0 Å². The first kappa shape index (κ1) is 12.2. The molecular weight excluding hydrogens is 206 g/mol. The molecule has 0 atom stereocenters. The maximum absolute atomic E-state index is 5.76. The van der Waals surface area contributed by atoms with Crippen LogP contribution in [0.5, 0.6) is 5.75 Å². The highest BCUT2D eigenvalue weighted by atomic mass is 32.2. The molecule has 2 nitrogen and oxygen atoms in total. The van der Waals surface area contributed by atoms with Crippen LogP contribution >= 0.6 is 11.8 Å². The first-order chi connectivity index (χ1) is 7.27. The van der Waals surface area contributed by atoms with Crippen molar-refractivity contribution >= 4 is 17.4 Å². The van der Waals surface area contributed by atoms with E-state index in [0.29, 0.717) is 6.61 Å². The van der Waals surface area contributed by atoms with Crippen molar-refractivity contribution in [2.45, 2.75) is 26.0 Å². The lowest BCUT2D eigenvalue weighted by Crippen LogP contribution is -1.97. The van der Waals surface area contributed by atoms with Crippen LogP contribution in [0.2, 0.25) is 0 Å². The van der Waals surface area contributed by atoms with E-state index in [-0.39, 0.29) is 0 Å². The van der Waals surface area contributed by atoms with Gasteiger partial charge in [0.1, 0.15) is 5.75 Å². The topological polar surface area (TPSA) is 35.2 Å². The van der Waals surface area contributed by atoms with Gasteiger partial charge in [-0.1, -0.05) is 6.92 Å². The second-order valence-corrected chi connectivity index (χ2v) is 4.46. The number of nitrogens with two attached hydrogens (primary N) is 1. The number of ether oxygens (including phenoxy) is 1. The Morgan fingerprint density at radius 2 is 2.13 bits per heavy atom. The van der Waals surface area contributed by atoms with Gasteiger partial charge < -0.3 is 10.5 Å². The number of anilines is 1. The molecule has 0 heterocycles. The number of rotatable bonds is 6. The van der Waals surface area contributed by atoms with Gasteiger partial charge in [-0.3, -0.25) is 0 Å². The van der Waals surface area contributed by atoms with Crippen LogP contribution in [-0.4, -0.2) is 12.4 Å². The van der Waals surface area contributed by atoms with Crippen LogP contribution in [0.3, 0.4) is 0 Å². The Morgan fingerprint density at radius 3 is 2.80 bits per heavy atom. The van der Waals surface area contributed by atoms with Gasteiger partial charge in [-0.25, -0.2) is 0 Å². The maximum atomic E-state index is 5.76. The van der Waals surface area contributed by atoms with E-state index >= 15 is 0 Å². The van der Waals surface area contributed by atoms with Crippen molar-refractivity contribution in [3.05, 3.63) is 23.8 Å². The summed E-state index contributed by atoms with van der Waals surface area (Å²) in [6, 6.07) is 5.85. The normalized spacial score (nSPS) is 10.3. The molecule has 1 aromatic carbocycles. The summed E-state index contributed by atoms with van der Waals surface area (Å²) in [6.07, 6.45) is 1.21. The molecule has 0 bridgehead atoms. The predicted molar refractivity (Wildman–Crippen MR) is 68.5 cm³/mol. The second-order valence-electron chi connectivity index (χ2n) is 3.35. The molecule has 0 spiro atoms. The van der Waals surface area contributed by atoms with Gasteiger partial charge >= 0.3 is 0 Å². The van der Waals surface area contributed by atoms with Crippen LogP contribution in [0.15, 0.2) is 18.2 Å². The van der Waals surface area contributed by atoms with Crippen molar-refractivity contribution in [2.75, 3.05) is 18.1 Å². The van der Waals surface area contributed by atoms with Crippen molar-refractivity contribution in [2.24, 2.45) is 0 Å². The largest absolute Gasteiger partial charge is 0.494 e. The molecule has 1 rings (SSSR count). The molecule has 0 aromatic heterocycles. The Labute approximate surface area is 96.2 Å². The molecule has 15 heavy (non-hydrogen) atoms. The van der Waals surface area contributed by atoms with E-state index in [1.54, 1.807) is 0 Å². The third kappa shape index (κ3) is 4.04. The lowest BCUT2D eigenvalue weighted by molar-refractivity contribution is 0.337. The zero-order valence-corrected chi connectivity index (χ0v) is 10.3. The standard InChI is InChI=1S/C12H19NOS/c1-3-7-15-9-10-8-11(13)5-6-12(10)14-4-2/h5-6,8H,3-4,7,9,13H2,1-2H3. The lowest BCUT2D eigenvalue weighted by Gasteiger charge is -2.10. The van der Waals surface area contributed by atoms with Crippen molar-refractivity contribution < 1.29 is 4.74 Å². The average molecular weight is 225 g/mol. The SMILES string of the molecule is CCCSCc1cc(N)ccc1OCC. The molecule has 1 aromatic rings. The van der Waals surface area contributed by atoms with E-state index in [4.69, 9.17) is 10.5 Å². The monoisotopic (exact) mass is 225 g/mol. The minimum Gasteiger partial charge on any atom is -0.494 e. The van der Waals surface area contributed by atoms with E-state index in [2.05, 4.69) is 6.92 Å². The van der Waals surface area contributed by atoms with Crippen LogP contribution in [0.4, 0.5) is 5.69 Å². The molecule has 0 radical (unpaired) electrons. The van der Waals surface area contributed by atoms with E-state index < -0.39 is 0 Å². The third-order valence-electron chi connectivity index (χ3n) is 1.99. The Bertz CT molecular complexity index is 302. The van der Waals surface area contributed by atoms with Crippen molar-refractivity contribution in [3.63, 3.8) is 0 Å². The predicted octanol–water partition coefficient (Wildman–Crippen LogP) is 3.31. The zero-order valence-electron chi connectivity index (χ0n) is 9.45. The van der Waals surface area contributed by atoms with E-state index in [1.807, 2.05) is 36.9 Å². The van der Waals surface area contributed by atoms with Crippen LogP contribution < -0.4 is 10.5 Å². The van der Waals surface area contributed by atoms with Gasteiger partial charge in [-0.2, -0.15) is 11.8 Å². The number of thioether (sulfide) groups is 1. The van der Waals surface area contributed by atoms with Gasteiger partial charge in [0, 0.05) is 17.0 Å². The summed E-state index contributed by atoms with van der Waals surface area (Å²) in [6.45, 7) is 4.89. The van der Waals surface area contributed by atoms with E-state index in [0.717, 1.165) is 17.2 Å². The maximum Gasteiger partial charge on any atom is 0.123 e. The molecule has 0 saturated carbocycles. The molecule has 0 unspecified atom stereocenters. The van der Waals surface area contributed by atoms with Gasteiger partial charge in [0.05, 0.1) is 6.61 Å². The Kier molecular flexibility index (Phi) is 5.40. The molecule has 84 valence electrons. The van der Waals surface area contributed by atoms with Crippen molar-refractivity contribution in [1.82, 2.24) is 0 Å². The molecule has 0 amide bonds. The summed E-state index contributed by atoms with van der Waals surface area (Å²) in [5, 5.41) is 0. The molecule has 2 N–H and O–H groups in total. The number of benzene rings is 1. The fourth-order valence-corrected chi connectivity index (χ4v) is 2.21. The number of nitrogen functional groups attached to an aromatic ring is 1. The fraction of sp³-hybridized carbons (Fsp3) is 0.500. The lowest BCUT2D eigenvalue weighted by atomic mass is 10.2. The average Bonchev–Trinajstić information content (AvgIpc) is 2.22. The summed E-state index contributed by atoms with van der Waals surface area (Å²) in [4.78, 5) is 0. The van der Waals surface area contributed by atoms with E-state index in [9.17, 15) is 0 Å². The first-order valence-corrected chi connectivity index (χ1v) is 6.52. The number of hydrogen-bond donors (Lipinski definition) is 1. The van der Waals surface area contributed by atoms with Gasteiger partial charge in [0.2, 0.25) is 0 Å². The quantitative estimate of drug-likeness (QED) is 0.596. The summed E-state index contributed by atoms with van der Waals surface area (Å²) >= 11 is 1.92. The Hall–Kier alpha value is -0.830. The highest BCUT2D eigenvalue weighted by Gasteiger charge is 2.03. The Balaban J connectivity index is 2.68. The highest BCUT2D eigenvalue weighted by molar-refractivity contribution is 7.98. The molecule has 0 aliphatic heterocycles. The zero-order chi connectivity index (χ0) is 11.1. The Morgan fingerprint density at radius 1 is 1.33 bits per heavy atom. The fourth-order valence-electron chi connectivity index (χ4n) is 1.33.